The molecule has 0 saturated carbocycles. The van der Waals surface area contributed by atoms with Gasteiger partial charge in [-0.25, -0.2) is 4.98 Å². The zero-order valence-corrected chi connectivity index (χ0v) is 31.2. The van der Waals surface area contributed by atoms with Crippen LogP contribution in [0.25, 0.3) is 55.7 Å². The SMILES string of the molecule is CC(C)(C)Cc1cc(-c2[c-]cccc2)ncc1[Si](C)(C)C.Cc1ccc2c(n1)nc(-c1[c-]ccc3c1oc1ccccc13)n2C.[Ir]. The molecular formula is C39H40IrN4OSi-2. The molecule has 0 unspecified atom stereocenters. The van der Waals surface area contributed by atoms with Gasteiger partial charge in [0, 0.05) is 44.4 Å². The Bertz CT molecular complexity index is 2140. The maximum Gasteiger partial charge on any atom is 0.168 e. The zero-order chi connectivity index (χ0) is 31.9. The Labute approximate surface area is 286 Å². The van der Waals surface area contributed by atoms with Gasteiger partial charge in [0.25, 0.3) is 0 Å². The number of rotatable bonds is 4. The third-order valence-corrected chi connectivity index (χ3v) is 10.0. The molecule has 5 nitrogen and oxygen atoms in total. The molecule has 0 saturated heterocycles. The Morgan fingerprint density at radius 2 is 1.63 bits per heavy atom. The van der Waals surface area contributed by atoms with Crippen LogP contribution in [0.2, 0.25) is 19.6 Å². The second kappa shape index (κ2) is 13.1. The largest absolute Gasteiger partial charge is 0.501 e. The summed E-state index contributed by atoms with van der Waals surface area (Å²) in [5.41, 5.74) is 9.12. The number of para-hydroxylation sites is 1. The summed E-state index contributed by atoms with van der Waals surface area (Å²) in [5, 5.41) is 3.67. The first-order chi connectivity index (χ1) is 21.4. The van der Waals surface area contributed by atoms with Crippen molar-refractivity contribution in [3.63, 3.8) is 0 Å². The molecule has 3 aromatic carbocycles. The molecule has 237 valence electrons. The minimum atomic E-state index is -1.37. The fourth-order valence-corrected chi connectivity index (χ4v) is 7.41. The van der Waals surface area contributed by atoms with E-state index in [-0.39, 0.29) is 25.5 Å². The van der Waals surface area contributed by atoms with E-state index in [1.165, 1.54) is 10.8 Å². The van der Waals surface area contributed by atoms with Gasteiger partial charge in [0.05, 0.1) is 25.0 Å². The zero-order valence-electron chi connectivity index (χ0n) is 27.8. The van der Waals surface area contributed by atoms with Gasteiger partial charge in [-0.05, 0) is 47.8 Å². The molecule has 0 aliphatic heterocycles. The average Bonchev–Trinajstić information content (AvgIpc) is 3.53. The van der Waals surface area contributed by atoms with Gasteiger partial charge in [0.1, 0.15) is 5.58 Å². The first-order valence-electron chi connectivity index (χ1n) is 15.5. The average molecular weight is 801 g/mol. The molecule has 0 amide bonds. The summed E-state index contributed by atoms with van der Waals surface area (Å²) in [7, 11) is 0.623. The van der Waals surface area contributed by atoms with E-state index >= 15 is 0 Å². The number of pyridine rings is 2. The fraction of sp³-hybridized carbons (Fsp3) is 0.256. The van der Waals surface area contributed by atoms with E-state index in [9.17, 15) is 0 Å². The number of aryl methyl sites for hydroxylation is 2. The quantitative estimate of drug-likeness (QED) is 0.132. The van der Waals surface area contributed by atoms with E-state index in [0.717, 1.165) is 67.9 Å². The van der Waals surface area contributed by atoms with Gasteiger partial charge in [-0.15, -0.1) is 54.1 Å². The minimum absolute atomic E-state index is 0. The normalized spacial score (nSPS) is 11.8. The molecule has 4 aromatic heterocycles. The smallest absolute Gasteiger partial charge is 0.168 e. The first kappa shape index (κ1) is 33.5. The van der Waals surface area contributed by atoms with Gasteiger partial charge < -0.3 is 14.0 Å². The van der Waals surface area contributed by atoms with Gasteiger partial charge in [0.15, 0.2) is 5.65 Å². The Hall–Kier alpha value is -3.90. The summed E-state index contributed by atoms with van der Waals surface area (Å²) in [4.78, 5) is 14.0. The van der Waals surface area contributed by atoms with Crippen molar-refractivity contribution in [2.45, 2.75) is 53.8 Å². The van der Waals surface area contributed by atoms with Crippen molar-refractivity contribution in [2.24, 2.45) is 12.5 Å². The Balaban J connectivity index is 0.000000179. The Morgan fingerprint density at radius 1 is 0.870 bits per heavy atom. The van der Waals surface area contributed by atoms with Crippen LogP contribution in [0.3, 0.4) is 0 Å². The van der Waals surface area contributed by atoms with Crippen LogP contribution in [-0.2, 0) is 33.6 Å². The first-order valence-corrected chi connectivity index (χ1v) is 19.0. The molecule has 0 N–H and O–H groups in total. The predicted octanol–water partition coefficient (Wildman–Crippen LogP) is 9.32. The van der Waals surface area contributed by atoms with Gasteiger partial charge in [-0.1, -0.05) is 81.2 Å². The molecule has 0 aliphatic carbocycles. The van der Waals surface area contributed by atoms with Crippen LogP contribution in [0.5, 0.6) is 0 Å². The summed E-state index contributed by atoms with van der Waals surface area (Å²) in [6.07, 6.45) is 3.21. The van der Waals surface area contributed by atoms with Crippen molar-refractivity contribution in [3.8, 4) is 22.6 Å². The van der Waals surface area contributed by atoms with Crippen LogP contribution < -0.4 is 5.19 Å². The van der Waals surface area contributed by atoms with E-state index in [2.05, 4.69) is 81.9 Å². The van der Waals surface area contributed by atoms with Crippen molar-refractivity contribution in [3.05, 3.63) is 108 Å². The summed E-state index contributed by atoms with van der Waals surface area (Å²) in [5.74, 6) is 0.813. The van der Waals surface area contributed by atoms with E-state index in [1.54, 1.807) is 0 Å². The van der Waals surface area contributed by atoms with Gasteiger partial charge >= 0.3 is 0 Å². The molecule has 4 heterocycles. The predicted molar refractivity (Wildman–Crippen MR) is 189 cm³/mol. The van der Waals surface area contributed by atoms with Crippen LogP contribution >= 0.6 is 0 Å². The summed E-state index contributed by atoms with van der Waals surface area (Å²) < 4.78 is 8.15. The van der Waals surface area contributed by atoms with Crippen LogP contribution in [0, 0.1) is 24.5 Å². The molecule has 7 heteroatoms. The summed E-state index contributed by atoms with van der Waals surface area (Å²) >= 11 is 0. The number of imidazole rings is 1. The minimum Gasteiger partial charge on any atom is -0.501 e. The second-order valence-corrected chi connectivity index (χ2v) is 19.0. The second-order valence-electron chi connectivity index (χ2n) is 14.0. The molecule has 0 aliphatic rings. The molecule has 0 fully saturated rings. The molecule has 1 radical (unpaired) electrons. The van der Waals surface area contributed by atoms with Crippen LogP contribution in [0.15, 0.2) is 89.5 Å². The van der Waals surface area contributed by atoms with Gasteiger partial charge in [0.2, 0.25) is 0 Å². The Morgan fingerprint density at radius 3 is 2.35 bits per heavy atom. The van der Waals surface area contributed by atoms with E-state index in [0.29, 0.717) is 0 Å². The van der Waals surface area contributed by atoms with Crippen molar-refractivity contribution in [2.75, 3.05) is 0 Å². The number of hydrogen-bond donors (Lipinski definition) is 0. The summed E-state index contributed by atoms with van der Waals surface area (Å²) in [6, 6.07) is 33.0. The molecule has 0 bridgehead atoms. The van der Waals surface area contributed by atoms with Crippen LogP contribution in [0.1, 0.15) is 32.0 Å². The van der Waals surface area contributed by atoms with E-state index in [1.807, 2.05) is 79.2 Å². The number of aromatic nitrogens is 4. The van der Waals surface area contributed by atoms with Crippen LogP contribution in [0.4, 0.5) is 0 Å². The third-order valence-electron chi connectivity index (χ3n) is 7.95. The standard InChI is InChI=1S/C20H14N3O.C19H26NSi.Ir/c1-12-10-11-16-19(21-12)22-20(23(16)2)15-8-5-7-14-13-6-3-4-9-17(13)24-18(14)15;1-19(2,3)13-16-12-17(15-10-8-7-9-11-15)20-14-18(16)21(4,5)6;/h3-7,9-11H,1-2H3;7-10,12,14H,13H2,1-6H3;/q2*-1;. The van der Waals surface area contributed by atoms with E-state index in [4.69, 9.17) is 14.4 Å². The van der Waals surface area contributed by atoms with Gasteiger partial charge in [-0.2, -0.15) is 0 Å². The van der Waals surface area contributed by atoms with Crippen molar-refractivity contribution >= 4 is 46.4 Å². The van der Waals surface area contributed by atoms with E-state index < -0.39 is 8.07 Å². The summed E-state index contributed by atoms with van der Waals surface area (Å²) in [6.45, 7) is 16.1. The maximum atomic E-state index is 6.11. The number of benzene rings is 3. The van der Waals surface area contributed by atoms with Crippen molar-refractivity contribution in [1.82, 2.24) is 19.5 Å². The number of nitrogens with zero attached hydrogens (tertiary/aromatic N) is 4. The molecule has 7 aromatic rings. The molecule has 0 spiro atoms. The van der Waals surface area contributed by atoms with Gasteiger partial charge in [-0.3, -0.25) is 4.98 Å². The third kappa shape index (κ3) is 6.92. The molecule has 46 heavy (non-hydrogen) atoms. The number of fused-ring (bicyclic) bond motifs is 4. The fourth-order valence-electron chi connectivity index (χ4n) is 5.84. The topological polar surface area (TPSA) is 56.7 Å². The molecule has 7 rings (SSSR count). The maximum absolute atomic E-state index is 6.11. The van der Waals surface area contributed by atoms with Crippen molar-refractivity contribution in [1.29, 1.82) is 0 Å². The van der Waals surface area contributed by atoms with Crippen LogP contribution in [-0.4, -0.2) is 27.6 Å². The molecular weight excluding hydrogens is 761 g/mol. The van der Waals surface area contributed by atoms with Crippen molar-refractivity contribution < 1.29 is 24.5 Å². The molecule has 0 atom stereocenters. The monoisotopic (exact) mass is 801 g/mol. The number of hydrogen-bond acceptors (Lipinski definition) is 4. The number of furan rings is 1. The Kier molecular flexibility index (Phi) is 9.51.